The van der Waals surface area contributed by atoms with E-state index in [9.17, 15) is 4.79 Å². The molecular weight excluding hydrogens is 212 g/mol. The predicted molar refractivity (Wildman–Crippen MR) is 71.5 cm³/mol. The van der Waals surface area contributed by atoms with Crippen LogP contribution < -0.4 is 10.6 Å². The molecule has 1 aliphatic heterocycles. The van der Waals surface area contributed by atoms with Crippen molar-refractivity contribution in [1.82, 2.24) is 0 Å². The zero-order valence-corrected chi connectivity index (χ0v) is 10.6. The van der Waals surface area contributed by atoms with Gasteiger partial charge in [0.05, 0.1) is 0 Å². The van der Waals surface area contributed by atoms with E-state index in [2.05, 4.69) is 11.8 Å². The molecule has 1 atom stereocenters. The lowest BCUT2D eigenvalue weighted by molar-refractivity contribution is 0.101. The van der Waals surface area contributed by atoms with E-state index < -0.39 is 0 Å². The molecule has 3 nitrogen and oxygen atoms in total. The van der Waals surface area contributed by atoms with Gasteiger partial charge in [0.25, 0.3) is 0 Å². The molecule has 1 aliphatic rings. The Hall–Kier alpha value is -1.51. The van der Waals surface area contributed by atoms with Gasteiger partial charge < -0.3 is 10.6 Å². The summed E-state index contributed by atoms with van der Waals surface area (Å²) in [5, 5.41) is 0. The summed E-state index contributed by atoms with van der Waals surface area (Å²) in [6.45, 7) is 4.86. The van der Waals surface area contributed by atoms with Crippen LogP contribution in [0.2, 0.25) is 0 Å². The Morgan fingerprint density at radius 3 is 2.94 bits per heavy atom. The van der Waals surface area contributed by atoms with E-state index >= 15 is 0 Å². The summed E-state index contributed by atoms with van der Waals surface area (Å²) < 4.78 is 0. The zero-order valence-electron chi connectivity index (χ0n) is 10.6. The number of nitrogens with zero attached hydrogens (tertiary/aromatic N) is 1. The number of hydrogen-bond acceptors (Lipinski definition) is 3. The first-order valence-electron chi connectivity index (χ1n) is 6.30. The van der Waals surface area contributed by atoms with Gasteiger partial charge in [-0.25, -0.2) is 0 Å². The first kappa shape index (κ1) is 12.0. The number of carbonyl (C=O) groups excluding carboxylic acids is 1. The van der Waals surface area contributed by atoms with Gasteiger partial charge in [-0.3, -0.25) is 4.79 Å². The summed E-state index contributed by atoms with van der Waals surface area (Å²) in [7, 11) is 0. The average molecular weight is 232 g/mol. The third-order valence-electron chi connectivity index (χ3n) is 3.60. The minimum Gasteiger partial charge on any atom is -0.398 e. The van der Waals surface area contributed by atoms with Crippen molar-refractivity contribution in [2.45, 2.75) is 39.2 Å². The maximum absolute atomic E-state index is 11.5. The highest BCUT2D eigenvalue weighted by Crippen LogP contribution is 2.29. The molecule has 0 bridgehead atoms. The van der Waals surface area contributed by atoms with Crippen molar-refractivity contribution in [3.05, 3.63) is 23.8 Å². The molecular formula is C14H20N2O. The SMILES string of the molecule is CCC1CCCN1c1ccc(N)c(C(C)=O)c1. The van der Waals surface area contributed by atoms with E-state index in [1.54, 1.807) is 6.92 Å². The quantitative estimate of drug-likeness (QED) is 0.644. The molecule has 0 aromatic heterocycles. The van der Waals surface area contributed by atoms with Crippen LogP contribution in [0.5, 0.6) is 0 Å². The largest absolute Gasteiger partial charge is 0.398 e. The highest BCUT2D eigenvalue weighted by atomic mass is 16.1. The summed E-state index contributed by atoms with van der Waals surface area (Å²) >= 11 is 0. The van der Waals surface area contributed by atoms with Gasteiger partial charge in [0.1, 0.15) is 0 Å². The standard InChI is InChI=1S/C14H20N2O/c1-3-11-5-4-8-16(11)12-6-7-14(15)13(9-12)10(2)17/h6-7,9,11H,3-5,8,15H2,1-2H3. The molecule has 1 fully saturated rings. The van der Waals surface area contributed by atoms with Crippen LogP contribution in [0.1, 0.15) is 43.5 Å². The predicted octanol–water partition coefficient (Wildman–Crippen LogP) is 2.85. The van der Waals surface area contributed by atoms with E-state index in [1.807, 2.05) is 18.2 Å². The summed E-state index contributed by atoms with van der Waals surface area (Å²) in [5.41, 5.74) is 8.17. The molecule has 1 saturated heterocycles. The van der Waals surface area contributed by atoms with Crippen molar-refractivity contribution < 1.29 is 4.79 Å². The number of nitrogens with two attached hydrogens (primary N) is 1. The Kier molecular flexibility index (Phi) is 3.36. The van der Waals surface area contributed by atoms with Crippen molar-refractivity contribution >= 4 is 17.2 Å². The van der Waals surface area contributed by atoms with Crippen LogP contribution in [0.4, 0.5) is 11.4 Å². The monoisotopic (exact) mass is 232 g/mol. The smallest absolute Gasteiger partial charge is 0.161 e. The minimum atomic E-state index is 0.0385. The van der Waals surface area contributed by atoms with Crippen LogP contribution in [0.3, 0.4) is 0 Å². The van der Waals surface area contributed by atoms with Crippen molar-refractivity contribution in [2.24, 2.45) is 0 Å². The second-order valence-corrected chi connectivity index (χ2v) is 4.73. The van der Waals surface area contributed by atoms with Gasteiger partial charge in [0.15, 0.2) is 5.78 Å². The molecule has 0 spiro atoms. The van der Waals surface area contributed by atoms with Gasteiger partial charge in [0, 0.05) is 29.5 Å². The molecule has 1 aromatic carbocycles. The first-order chi connectivity index (χ1) is 8.13. The first-order valence-corrected chi connectivity index (χ1v) is 6.30. The second kappa shape index (κ2) is 4.78. The van der Waals surface area contributed by atoms with E-state index in [-0.39, 0.29) is 5.78 Å². The third-order valence-corrected chi connectivity index (χ3v) is 3.60. The fourth-order valence-corrected chi connectivity index (χ4v) is 2.63. The third kappa shape index (κ3) is 2.28. The highest BCUT2D eigenvalue weighted by Gasteiger charge is 2.23. The number of nitrogen functional groups attached to an aromatic ring is 1. The van der Waals surface area contributed by atoms with Crippen LogP contribution in [0, 0.1) is 0 Å². The number of ketones is 1. The Labute approximate surface area is 103 Å². The summed E-state index contributed by atoms with van der Waals surface area (Å²) in [6, 6.07) is 6.41. The van der Waals surface area contributed by atoms with Crippen LogP contribution in [-0.2, 0) is 0 Å². The van der Waals surface area contributed by atoms with Crippen molar-refractivity contribution in [3.63, 3.8) is 0 Å². The number of hydrogen-bond donors (Lipinski definition) is 1. The number of carbonyl (C=O) groups is 1. The molecule has 0 amide bonds. The maximum Gasteiger partial charge on any atom is 0.161 e. The summed E-state index contributed by atoms with van der Waals surface area (Å²) in [4.78, 5) is 13.9. The number of Topliss-reactive ketones (excluding diaryl/α,β-unsaturated/α-hetero) is 1. The van der Waals surface area contributed by atoms with Crippen LogP contribution in [0.25, 0.3) is 0 Å². The topological polar surface area (TPSA) is 46.3 Å². The lowest BCUT2D eigenvalue weighted by atomic mass is 10.1. The average Bonchev–Trinajstić information content (AvgIpc) is 2.77. The molecule has 1 aromatic rings. The minimum absolute atomic E-state index is 0.0385. The highest BCUT2D eigenvalue weighted by molar-refractivity contribution is 6.00. The fourth-order valence-electron chi connectivity index (χ4n) is 2.63. The molecule has 0 aliphatic carbocycles. The van der Waals surface area contributed by atoms with Crippen LogP contribution in [-0.4, -0.2) is 18.4 Å². The molecule has 92 valence electrons. The summed E-state index contributed by atoms with van der Waals surface area (Å²) in [6.07, 6.45) is 3.63. The normalized spacial score (nSPS) is 19.6. The van der Waals surface area contributed by atoms with Crippen molar-refractivity contribution in [3.8, 4) is 0 Å². The van der Waals surface area contributed by atoms with Gasteiger partial charge in [0.2, 0.25) is 0 Å². The van der Waals surface area contributed by atoms with Gasteiger partial charge in [-0.2, -0.15) is 0 Å². The molecule has 2 rings (SSSR count). The van der Waals surface area contributed by atoms with Gasteiger partial charge in [-0.05, 0) is 44.4 Å². The summed E-state index contributed by atoms with van der Waals surface area (Å²) in [5.74, 6) is 0.0385. The Morgan fingerprint density at radius 2 is 2.29 bits per heavy atom. The molecule has 0 saturated carbocycles. The van der Waals surface area contributed by atoms with Gasteiger partial charge in [-0.1, -0.05) is 6.92 Å². The van der Waals surface area contributed by atoms with Crippen LogP contribution in [0.15, 0.2) is 18.2 Å². The van der Waals surface area contributed by atoms with E-state index in [0.29, 0.717) is 17.3 Å². The van der Waals surface area contributed by atoms with E-state index in [1.165, 1.54) is 12.8 Å². The fraction of sp³-hybridized carbons (Fsp3) is 0.500. The van der Waals surface area contributed by atoms with E-state index in [0.717, 1.165) is 18.7 Å². The Balaban J connectivity index is 2.33. The van der Waals surface area contributed by atoms with Crippen LogP contribution >= 0.6 is 0 Å². The second-order valence-electron chi connectivity index (χ2n) is 4.73. The maximum atomic E-state index is 11.5. The Morgan fingerprint density at radius 1 is 1.53 bits per heavy atom. The van der Waals surface area contributed by atoms with Gasteiger partial charge >= 0.3 is 0 Å². The molecule has 3 heteroatoms. The van der Waals surface area contributed by atoms with Crippen molar-refractivity contribution in [2.75, 3.05) is 17.2 Å². The zero-order chi connectivity index (χ0) is 12.4. The number of benzene rings is 1. The van der Waals surface area contributed by atoms with Crippen molar-refractivity contribution in [1.29, 1.82) is 0 Å². The molecule has 1 heterocycles. The van der Waals surface area contributed by atoms with Gasteiger partial charge in [-0.15, -0.1) is 0 Å². The molecule has 1 unspecified atom stereocenters. The molecule has 2 N–H and O–H groups in total. The van der Waals surface area contributed by atoms with E-state index in [4.69, 9.17) is 5.73 Å². The lowest BCUT2D eigenvalue weighted by Gasteiger charge is -2.26. The number of anilines is 2. The molecule has 0 radical (unpaired) electrons. The lowest BCUT2D eigenvalue weighted by Crippen LogP contribution is -2.28. The number of rotatable bonds is 3. The molecule has 17 heavy (non-hydrogen) atoms. The Bertz CT molecular complexity index is 428.